The minimum absolute atomic E-state index is 0.750. The molecule has 8 nitrogen and oxygen atoms in total. The first kappa shape index (κ1) is 30.0. The van der Waals surface area contributed by atoms with E-state index in [4.69, 9.17) is 40.8 Å². The van der Waals surface area contributed by atoms with Crippen molar-refractivity contribution >= 4 is 24.3 Å². The van der Waals surface area contributed by atoms with Gasteiger partial charge >= 0.3 is 0 Å². The minimum Gasteiger partial charge on any atom is -0.222 e. The molecule has 0 unspecified atom stereocenters. The summed E-state index contributed by atoms with van der Waals surface area (Å²) in [6, 6.07) is 0. The smallest absolute Gasteiger partial charge is 0.222 e. The van der Waals surface area contributed by atoms with Crippen molar-refractivity contribution in [2.24, 2.45) is 0 Å². The van der Waals surface area contributed by atoms with E-state index in [1.165, 1.54) is 32.1 Å². The number of hydrogen-bond acceptors (Lipinski definition) is 8. The van der Waals surface area contributed by atoms with E-state index in [0.717, 1.165) is 24.3 Å². The first-order valence-electron chi connectivity index (χ1n) is 5.23. The van der Waals surface area contributed by atoms with Gasteiger partial charge in [-0.1, -0.05) is 46.0 Å². The number of rotatable bonds is 4. The Morgan fingerprint density at radius 2 is 0.737 bits per heavy atom. The maximum Gasteiger partial charge on any atom is 0.231 e. The lowest BCUT2D eigenvalue weighted by molar-refractivity contribution is 0.562. The number of carbonyl (C=O) groups excluding carboxylic acids is 4. The summed E-state index contributed by atoms with van der Waals surface area (Å²) in [5.74, 6) is 0. The summed E-state index contributed by atoms with van der Waals surface area (Å²) in [6.07, 6.45) is 10.0. The van der Waals surface area contributed by atoms with Gasteiger partial charge in [0.1, 0.15) is 0 Å². The highest BCUT2D eigenvalue weighted by molar-refractivity contribution is 5.26. The Kier molecular flexibility index (Phi) is 121. The number of hydrogen-bond donors (Lipinski definition) is 4. The molecule has 108 valence electrons. The molecule has 8 heteroatoms. The molecule has 0 aliphatic carbocycles. The molecule has 0 aliphatic heterocycles. The molecule has 0 spiro atoms. The Balaban J connectivity index is -0.0000000467. The lowest BCUT2D eigenvalue weighted by Gasteiger charge is -1.90. The van der Waals surface area contributed by atoms with Gasteiger partial charge in [0.2, 0.25) is 24.3 Å². The Bertz CT molecular complexity index is 216. The Hall–Kier alpha value is -2.48. The average Bonchev–Trinajstić information content (AvgIpc) is 2.34. The van der Waals surface area contributed by atoms with Gasteiger partial charge in [0.15, 0.2) is 0 Å². The molecule has 0 aromatic carbocycles. The second-order valence-corrected chi connectivity index (χ2v) is 2.47. The molecule has 0 rings (SSSR count). The molecule has 0 aromatic rings. The Morgan fingerprint density at radius 3 is 0.842 bits per heavy atom. The molecular formula is C11H20N4O4. The van der Waals surface area contributed by atoms with Crippen LogP contribution in [0.3, 0.4) is 0 Å². The van der Waals surface area contributed by atoms with E-state index in [0.29, 0.717) is 0 Å². The van der Waals surface area contributed by atoms with Crippen LogP contribution in [0.2, 0.25) is 0 Å². The normalized spacial score (nSPS) is 5.16. The van der Waals surface area contributed by atoms with Gasteiger partial charge in [-0.3, -0.25) is 0 Å². The Labute approximate surface area is 112 Å². The van der Waals surface area contributed by atoms with Crippen LogP contribution in [0.5, 0.6) is 0 Å². The van der Waals surface area contributed by atoms with Crippen molar-refractivity contribution in [1.29, 1.82) is 21.6 Å². The van der Waals surface area contributed by atoms with Gasteiger partial charge in [0.05, 0.1) is 0 Å². The molecule has 0 saturated heterocycles. The van der Waals surface area contributed by atoms with Crippen molar-refractivity contribution in [2.75, 3.05) is 0 Å². The predicted molar refractivity (Wildman–Crippen MR) is 68.1 cm³/mol. The van der Waals surface area contributed by atoms with Crippen LogP contribution in [0, 0.1) is 21.6 Å². The Morgan fingerprint density at radius 1 is 0.579 bits per heavy atom. The van der Waals surface area contributed by atoms with E-state index in [-0.39, 0.29) is 0 Å². The van der Waals surface area contributed by atoms with Crippen molar-refractivity contribution in [3.63, 3.8) is 0 Å². The molecule has 0 aliphatic rings. The molecule has 0 heterocycles. The number of unbranched alkanes of at least 4 members (excludes halogenated alkanes) is 4. The van der Waals surface area contributed by atoms with Crippen LogP contribution in [0.15, 0.2) is 0 Å². The zero-order valence-corrected chi connectivity index (χ0v) is 11.2. The maximum absolute atomic E-state index is 8.35. The zero-order valence-electron chi connectivity index (χ0n) is 11.2. The third kappa shape index (κ3) is 1230. The van der Waals surface area contributed by atoms with Crippen LogP contribution in [0.1, 0.15) is 46.0 Å². The van der Waals surface area contributed by atoms with Gasteiger partial charge in [-0.25, -0.2) is 40.8 Å². The summed E-state index contributed by atoms with van der Waals surface area (Å²) >= 11 is 0. The van der Waals surface area contributed by atoms with Gasteiger partial charge in [-0.05, 0) is 0 Å². The fourth-order valence-corrected chi connectivity index (χ4v) is 0.677. The van der Waals surface area contributed by atoms with Gasteiger partial charge in [-0.15, -0.1) is 0 Å². The van der Waals surface area contributed by atoms with Gasteiger partial charge < -0.3 is 0 Å². The van der Waals surface area contributed by atoms with E-state index in [1.807, 2.05) is 0 Å². The number of nitrogens with one attached hydrogen (secondary N) is 4. The van der Waals surface area contributed by atoms with Crippen LogP contribution >= 0.6 is 0 Å². The first-order chi connectivity index (χ1) is 9.07. The topological polar surface area (TPSA) is 164 Å². The SMILES string of the molecule is CCCCCCC.N=C=O.N=C=O.N=C=O.N=C=O. The summed E-state index contributed by atoms with van der Waals surface area (Å²) < 4.78 is 0. The highest BCUT2D eigenvalue weighted by atomic mass is 16.1. The molecule has 0 atom stereocenters. The van der Waals surface area contributed by atoms with E-state index >= 15 is 0 Å². The summed E-state index contributed by atoms with van der Waals surface area (Å²) in [7, 11) is 0. The molecule has 4 N–H and O–H groups in total. The van der Waals surface area contributed by atoms with E-state index in [2.05, 4.69) is 13.8 Å². The highest BCUT2D eigenvalue weighted by Gasteiger charge is 1.80. The summed E-state index contributed by atoms with van der Waals surface area (Å²) in [6.45, 7) is 4.49. The third-order valence-corrected chi connectivity index (χ3v) is 1.21. The standard InChI is InChI=1S/C7H16.4CHNO/c1-3-5-7-6-4-2;4*2-1-3/h3-7H2,1-2H3;4*2H. The van der Waals surface area contributed by atoms with Crippen molar-refractivity contribution in [3.8, 4) is 0 Å². The molecule has 0 amide bonds. The van der Waals surface area contributed by atoms with Crippen molar-refractivity contribution in [3.05, 3.63) is 0 Å². The maximum atomic E-state index is 8.35. The van der Waals surface area contributed by atoms with Crippen LogP contribution in [-0.2, 0) is 19.2 Å². The fraction of sp³-hybridized carbons (Fsp3) is 0.636. The van der Waals surface area contributed by atoms with Gasteiger partial charge in [-0.2, -0.15) is 0 Å². The zero-order chi connectivity index (χ0) is 16.4. The molecule has 19 heavy (non-hydrogen) atoms. The average molecular weight is 272 g/mol. The highest BCUT2D eigenvalue weighted by Crippen LogP contribution is 2.00. The van der Waals surface area contributed by atoms with Gasteiger partial charge in [0.25, 0.3) is 0 Å². The van der Waals surface area contributed by atoms with Crippen molar-refractivity contribution < 1.29 is 19.2 Å². The molecule has 0 fully saturated rings. The first-order valence-corrected chi connectivity index (χ1v) is 5.23. The lowest BCUT2D eigenvalue weighted by atomic mass is 10.2. The lowest BCUT2D eigenvalue weighted by Crippen LogP contribution is -1.70. The van der Waals surface area contributed by atoms with E-state index in [9.17, 15) is 0 Å². The monoisotopic (exact) mass is 272 g/mol. The van der Waals surface area contributed by atoms with Gasteiger partial charge in [0, 0.05) is 0 Å². The second-order valence-electron chi connectivity index (χ2n) is 2.47. The van der Waals surface area contributed by atoms with Crippen LogP contribution < -0.4 is 0 Å². The van der Waals surface area contributed by atoms with Crippen molar-refractivity contribution in [1.82, 2.24) is 0 Å². The molecular weight excluding hydrogens is 252 g/mol. The second kappa shape index (κ2) is 77.0. The number of isocyanates is 4. The van der Waals surface area contributed by atoms with Crippen molar-refractivity contribution in [2.45, 2.75) is 46.0 Å². The van der Waals surface area contributed by atoms with Crippen LogP contribution in [-0.4, -0.2) is 24.3 Å². The van der Waals surface area contributed by atoms with E-state index in [1.54, 1.807) is 0 Å². The minimum atomic E-state index is 0.750. The molecule has 0 bridgehead atoms. The fourth-order valence-electron chi connectivity index (χ4n) is 0.677. The largest absolute Gasteiger partial charge is 0.231 e. The van der Waals surface area contributed by atoms with Crippen LogP contribution in [0.4, 0.5) is 0 Å². The third-order valence-electron chi connectivity index (χ3n) is 1.21. The molecule has 0 aromatic heterocycles. The quantitative estimate of drug-likeness (QED) is 0.351. The van der Waals surface area contributed by atoms with E-state index < -0.39 is 0 Å². The predicted octanol–water partition coefficient (Wildman–Crippen LogP) is 2.58. The summed E-state index contributed by atoms with van der Waals surface area (Å²) in [4.78, 5) is 33.4. The summed E-state index contributed by atoms with van der Waals surface area (Å²) in [5, 5.41) is 21.6. The molecule has 0 saturated carbocycles. The van der Waals surface area contributed by atoms with Crippen LogP contribution in [0.25, 0.3) is 0 Å². The molecule has 0 radical (unpaired) electrons. The summed E-state index contributed by atoms with van der Waals surface area (Å²) in [5.41, 5.74) is 0.